The Kier molecular flexibility index (Phi) is 6.38. The molecular formula is C27H25FN4O2. The number of carbonyl (C=O) groups is 1. The van der Waals surface area contributed by atoms with Crippen LogP contribution in [0.4, 0.5) is 4.39 Å². The summed E-state index contributed by atoms with van der Waals surface area (Å²) in [5, 5.41) is 10.6. The molecule has 7 heteroatoms. The number of Topliss-reactive ketones (excluding diaryl/α,β-unsaturated/α-hetero) is 1. The summed E-state index contributed by atoms with van der Waals surface area (Å²) < 4.78 is 13.1. The van der Waals surface area contributed by atoms with Crippen molar-refractivity contribution in [3.05, 3.63) is 89.9 Å². The number of halogens is 1. The molecule has 0 atom stereocenters. The second-order valence-electron chi connectivity index (χ2n) is 8.79. The molecule has 1 N–H and O–H groups in total. The van der Waals surface area contributed by atoms with E-state index in [0.717, 1.165) is 60.1 Å². The lowest BCUT2D eigenvalue weighted by atomic mass is 10.0. The number of nitrogens with zero attached hydrogens (tertiary/aromatic N) is 4. The molecule has 0 radical (unpaired) electrons. The summed E-state index contributed by atoms with van der Waals surface area (Å²) in [5.74, 6) is -0.481. The van der Waals surface area contributed by atoms with E-state index >= 15 is 0 Å². The zero-order valence-electron chi connectivity index (χ0n) is 18.7. The second-order valence-corrected chi connectivity index (χ2v) is 8.79. The van der Waals surface area contributed by atoms with Crippen LogP contribution in [0.2, 0.25) is 0 Å². The van der Waals surface area contributed by atoms with E-state index in [2.05, 4.69) is 25.9 Å². The van der Waals surface area contributed by atoms with E-state index in [4.69, 9.17) is 0 Å². The van der Waals surface area contributed by atoms with Gasteiger partial charge >= 0.3 is 0 Å². The number of rotatable bonds is 6. The molecule has 0 amide bonds. The Balaban J connectivity index is 1.35. The van der Waals surface area contributed by atoms with Crippen LogP contribution in [0.5, 0.6) is 0 Å². The minimum atomic E-state index is -0.368. The molecule has 1 saturated heterocycles. The molecule has 4 aromatic rings. The topological polar surface area (TPSA) is 79.2 Å². The van der Waals surface area contributed by atoms with Crippen LogP contribution in [0.15, 0.2) is 67.3 Å². The van der Waals surface area contributed by atoms with Crippen LogP contribution in [-0.4, -0.2) is 49.9 Å². The molecule has 6 nitrogen and oxygen atoms in total. The van der Waals surface area contributed by atoms with Gasteiger partial charge in [-0.15, -0.1) is 0 Å². The standard InChI is InChI=1S/C27H25FN4O2/c28-23-3-1-19(2-4-23)27(34)12-24-11-20-10-22(15-31-26(20)16-30-24)21-9-18(13-29-14-21)17-32-7-5-25(33)6-8-32/h1-4,9-11,13-16,25,33H,5-8,12,17H2. The van der Waals surface area contributed by atoms with Gasteiger partial charge in [-0.1, -0.05) is 0 Å². The number of piperidine rings is 1. The number of likely N-dealkylation sites (tertiary alicyclic amines) is 1. The summed E-state index contributed by atoms with van der Waals surface area (Å²) in [5.41, 5.74) is 4.89. The van der Waals surface area contributed by atoms with E-state index in [-0.39, 0.29) is 24.1 Å². The lowest BCUT2D eigenvalue weighted by molar-refractivity contribution is 0.0792. The van der Waals surface area contributed by atoms with Crippen LogP contribution < -0.4 is 0 Å². The highest BCUT2D eigenvalue weighted by atomic mass is 19.1. The molecule has 0 bridgehead atoms. The molecule has 3 aromatic heterocycles. The fourth-order valence-electron chi connectivity index (χ4n) is 4.30. The van der Waals surface area contributed by atoms with Crippen molar-refractivity contribution in [2.45, 2.75) is 31.9 Å². The number of aliphatic hydroxyl groups excluding tert-OH is 1. The molecule has 34 heavy (non-hydrogen) atoms. The lowest BCUT2D eigenvalue weighted by Gasteiger charge is -2.29. The first-order valence-electron chi connectivity index (χ1n) is 11.4. The van der Waals surface area contributed by atoms with E-state index < -0.39 is 0 Å². The van der Waals surface area contributed by atoms with Gasteiger partial charge in [0.2, 0.25) is 0 Å². The molecule has 0 unspecified atom stereocenters. The maximum absolute atomic E-state index is 13.1. The zero-order chi connectivity index (χ0) is 23.5. The van der Waals surface area contributed by atoms with Gasteiger partial charge in [-0.3, -0.25) is 24.6 Å². The zero-order valence-corrected chi connectivity index (χ0v) is 18.7. The third-order valence-corrected chi connectivity index (χ3v) is 6.22. The maximum atomic E-state index is 13.1. The molecule has 0 aliphatic carbocycles. The summed E-state index contributed by atoms with van der Waals surface area (Å²) in [6, 6.07) is 11.6. The highest BCUT2D eigenvalue weighted by Gasteiger charge is 2.17. The van der Waals surface area contributed by atoms with Crippen molar-refractivity contribution in [3.8, 4) is 11.1 Å². The highest BCUT2D eigenvalue weighted by molar-refractivity contribution is 5.97. The Morgan fingerprint density at radius 3 is 2.53 bits per heavy atom. The van der Waals surface area contributed by atoms with Gasteiger partial charge in [-0.05, 0) is 60.9 Å². The fourth-order valence-corrected chi connectivity index (χ4v) is 4.30. The Morgan fingerprint density at radius 2 is 1.74 bits per heavy atom. The average Bonchev–Trinajstić information content (AvgIpc) is 2.85. The summed E-state index contributed by atoms with van der Waals surface area (Å²) in [6.45, 7) is 2.57. The Labute approximate surface area is 197 Å². The van der Waals surface area contributed by atoms with Gasteiger partial charge in [0, 0.05) is 66.0 Å². The van der Waals surface area contributed by atoms with Gasteiger partial charge < -0.3 is 5.11 Å². The minimum absolute atomic E-state index is 0.113. The van der Waals surface area contributed by atoms with E-state index in [1.54, 1.807) is 6.20 Å². The summed E-state index contributed by atoms with van der Waals surface area (Å²) in [6.07, 6.45) is 8.75. The highest BCUT2D eigenvalue weighted by Crippen LogP contribution is 2.24. The number of fused-ring (bicyclic) bond motifs is 1. The van der Waals surface area contributed by atoms with Crippen molar-refractivity contribution in [3.63, 3.8) is 0 Å². The quantitative estimate of drug-likeness (QED) is 0.438. The van der Waals surface area contributed by atoms with Crippen molar-refractivity contribution >= 4 is 16.7 Å². The van der Waals surface area contributed by atoms with Crippen molar-refractivity contribution in [1.82, 2.24) is 19.9 Å². The molecular weight excluding hydrogens is 431 g/mol. The average molecular weight is 457 g/mol. The predicted octanol–water partition coefficient (Wildman–Crippen LogP) is 4.21. The van der Waals surface area contributed by atoms with Crippen molar-refractivity contribution in [2.75, 3.05) is 13.1 Å². The third-order valence-electron chi connectivity index (χ3n) is 6.22. The van der Waals surface area contributed by atoms with Gasteiger partial charge in [0.25, 0.3) is 0 Å². The van der Waals surface area contributed by atoms with Crippen LogP contribution in [-0.2, 0) is 13.0 Å². The molecule has 1 aliphatic rings. The van der Waals surface area contributed by atoms with Gasteiger partial charge in [0.1, 0.15) is 5.82 Å². The number of hydrogen-bond donors (Lipinski definition) is 1. The third kappa shape index (κ3) is 5.16. The Hall–Kier alpha value is -3.55. The van der Waals surface area contributed by atoms with Crippen LogP contribution in [0.25, 0.3) is 22.0 Å². The maximum Gasteiger partial charge on any atom is 0.168 e. The monoisotopic (exact) mass is 456 g/mol. The number of pyridine rings is 3. The molecule has 1 aliphatic heterocycles. The van der Waals surface area contributed by atoms with Crippen molar-refractivity contribution in [2.24, 2.45) is 0 Å². The van der Waals surface area contributed by atoms with Gasteiger partial charge in [-0.25, -0.2) is 4.39 Å². The van der Waals surface area contributed by atoms with Crippen molar-refractivity contribution in [1.29, 1.82) is 0 Å². The van der Waals surface area contributed by atoms with E-state index in [1.807, 2.05) is 30.7 Å². The van der Waals surface area contributed by atoms with Crippen LogP contribution in [0.3, 0.4) is 0 Å². The lowest BCUT2D eigenvalue weighted by Crippen LogP contribution is -2.35. The molecule has 4 heterocycles. The number of aliphatic hydroxyl groups is 1. The van der Waals surface area contributed by atoms with E-state index in [1.165, 1.54) is 24.3 Å². The number of ketones is 1. The first-order valence-corrected chi connectivity index (χ1v) is 11.4. The van der Waals surface area contributed by atoms with E-state index in [0.29, 0.717) is 11.3 Å². The van der Waals surface area contributed by atoms with Crippen LogP contribution >= 0.6 is 0 Å². The normalized spacial score (nSPS) is 15.0. The number of hydrogen-bond acceptors (Lipinski definition) is 6. The summed E-state index contributed by atoms with van der Waals surface area (Å²) in [4.78, 5) is 28.3. The van der Waals surface area contributed by atoms with E-state index in [9.17, 15) is 14.3 Å². The van der Waals surface area contributed by atoms with Gasteiger partial charge in [0.05, 0.1) is 24.2 Å². The van der Waals surface area contributed by atoms with Crippen molar-refractivity contribution < 1.29 is 14.3 Å². The minimum Gasteiger partial charge on any atom is -0.393 e. The molecule has 0 spiro atoms. The largest absolute Gasteiger partial charge is 0.393 e. The van der Waals surface area contributed by atoms with Gasteiger partial charge in [0.15, 0.2) is 5.78 Å². The Morgan fingerprint density at radius 1 is 0.971 bits per heavy atom. The fraction of sp³-hybridized carbons (Fsp3) is 0.259. The second kappa shape index (κ2) is 9.75. The number of aromatic nitrogens is 3. The molecule has 5 rings (SSSR count). The SMILES string of the molecule is O=C(Cc1cc2cc(-c3cncc(CN4CCC(O)CC4)c3)cnc2cn1)c1ccc(F)cc1. The van der Waals surface area contributed by atoms with Crippen LogP contribution in [0, 0.1) is 5.82 Å². The molecule has 0 saturated carbocycles. The Bertz CT molecular complexity index is 1320. The smallest absolute Gasteiger partial charge is 0.168 e. The van der Waals surface area contributed by atoms with Gasteiger partial charge in [-0.2, -0.15) is 0 Å². The first-order chi connectivity index (χ1) is 16.5. The summed E-state index contributed by atoms with van der Waals surface area (Å²) >= 11 is 0. The summed E-state index contributed by atoms with van der Waals surface area (Å²) in [7, 11) is 0. The van der Waals surface area contributed by atoms with Crippen LogP contribution in [0.1, 0.15) is 34.5 Å². The predicted molar refractivity (Wildman–Crippen MR) is 128 cm³/mol. The molecule has 172 valence electrons. The first kappa shape index (κ1) is 22.3. The number of benzene rings is 1. The molecule has 1 fully saturated rings. The molecule has 1 aromatic carbocycles. The number of carbonyl (C=O) groups excluding carboxylic acids is 1.